The molecule has 116 valence electrons. The SMILES string of the molecule is O=C(C[NH+]1CCCCCCC1)N[C@H]1CS(=O)(=O)C[C@@H]1Cl. The maximum Gasteiger partial charge on any atom is 0.275 e. The van der Waals surface area contributed by atoms with Crippen LogP contribution in [0.3, 0.4) is 0 Å². The summed E-state index contributed by atoms with van der Waals surface area (Å²) in [7, 11) is -3.09. The summed E-state index contributed by atoms with van der Waals surface area (Å²) in [4.78, 5) is 13.3. The van der Waals surface area contributed by atoms with Crippen LogP contribution in [0.25, 0.3) is 0 Å². The molecule has 0 saturated carbocycles. The maximum atomic E-state index is 12.0. The van der Waals surface area contributed by atoms with Gasteiger partial charge in [0.1, 0.15) is 0 Å². The highest BCUT2D eigenvalue weighted by atomic mass is 35.5. The summed E-state index contributed by atoms with van der Waals surface area (Å²) in [6, 6.07) is -0.427. The quantitative estimate of drug-likeness (QED) is 0.679. The molecule has 2 atom stereocenters. The maximum absolute atomic E-state index is 12.0. The minimum absolute atomic E-state index is 0.0256. The molecule has 0 aromatic rings. The molecule has 2 N–H and O–H groups in total. The molecule has 2 fully saturated rings. The van der Waals surface area contributed by atoms with Gasteiger partial charge in [0.2, 0.25) is 0 Å². The summed E-state index contributed by atoms with van der Waals surface area (Å²) in [6.07, 6.45) is 6.12. The molecule has 2 saturated heterocycles. The van der Waals surface area contributed by atoms with Gasteiger partial charge in [0.15, 0.2) is 16.4 Å². The minimum Gasteiger partial charge on any atom is -0.346 e. The number of likely N-dealkylation sites (tertiary alicyclic amines) is 1. The molecule has 0 aromatic heterocycles. The van der Waals surface area contributed by atoms with Gasteiger partial charge in [-0.25, -0.2) is 8.42 Å². The van der Waals surface area contributed by atoms with E-state index in [2.05, 4.69) is 5.32 Å². The average Bonchev–Trinajstić information content (AvgIpc) is 2.55. The van der Waals surface area contributed by atoms with E-state index in [0.717, 1.165) is 13.1 Å². The topological polar surface area (TPSA) is 67.7 Å². The molecule has 0 aliphatic carbocycles. The first-order chi connectivity index (χ1) is 9.46. The second kappa shape index (κ2) is 7.09. The monoisotopic (exact) mass is 323 g/mol. The molecule has 5 nitrogen and oxygen atoms in total. The average molecular weight is 324 g/mol. The molecular weight excluding hydrogens is 300 g/mol. The Balaban J connectivity index is 1.79. The molecule has 2 heterocycles. The normalized spacial score (nSPS) is 31.4. The highest BCUT2D eigenvalue weighted by Crippen LogP contribution is 2.17. The van der Waals surface area contributed by atoms with Gasteiger partial charge >= 0.3 is 0 Å². The molecule has 2 rings (SSSR count). The van der Waals surface area contributed by atoms with E-state index in [1.54, 1.807) is 0 Å². The van der Waals surface area contributed by atoms with E-state index in [-0.39, 0.29) is 17.4 Å². The zero-order chi connectivity index (χ0) is 14.6. The van der Waals surface area contributed by atoms with E-state index in [4.69, 9.17) is 11.6 Å². The second-order valence-corrected chi connectivity index (χ2v) is 8.68. The first kappa shape index (κ1) is 16.0. The molecule has 2 aliphatic heterocycles. The van der Waals surface area contributed by atoms with E-state index >= 15 is 0 Å². The van der Waals surface area contributed by atoms with Crippen LogP contribution in [-0.4, -0.2) is 56.9 Å². The Morgan fingerprint density at radius 1 is 1.10 bits per heavy atom. The van der Waals surface area contributed by atoms with Gasteiger partial charge < -0.3 is 10.2 Å². The number of rotatable bonds is 3. The molecule has 0 unspecified atom stereocenters. The number of nitrogens with one attached hydrogen (secondary N) is 2. The van der Waals surface area contributed by atoms with Crippen LogP contribution in [0.2, 0.25) is 0 Å². The fourth-order valence-electron chi connectivity index (χ4n) is 3.00. The predicted octanol–water partition coefficient (Wildman–Crippen LogP) is -0.644. The van der Waals surface area contributed by atoms with Gasteiger partial charge in [0.25, 0.3) is 5.91 Å². The van der Waals surface area contributed by atoms with Gasteiger partial charge in [-0.1, -0.05) is 6.42 Å². The van der Waals surface area contributed by atoms with Crippen LogP contribution in [0.1, 0.15) is 32.1 Å². The smallest absolute Gasteiger partial charge is 0.275 e. The number of carbonyl (C=O) groups excluding carboxylic acids is 1. The Hall–Kier alpha value is -0.330. The lowest BCUT2D eigenvalue weighted by molar-refractivity contribution is -0.893. The fourth-order valence-corrected chi connectivity index (χ4v) is 5.55. The van der Waals surface area contributed by atoms with Crippen LogP contribution in [-0.2, 0) is 14.6 Å². The minimum atomic E-state index is -3.09. The van der Waals surface area contributed by atoms with Crippen molar-refractivity contribution in [2.75, 3.05) is 31.1 Å². The number of alkyl halides is 1. The second-order valence-electron chi connectivity index (χ2n) is 5.96. The van der Waals surface area contributed by atoms with E-state index in [9.17, 15) is 13.2 Å². The Labute approximate surface area is 126 Å². The lowest BCUT2D eigenvalue weighted by Gasteiger charge is -2.22. The van der Waals surface area contributed by atoms with Gasteiger partial charge in [-0.3, -0.25) is 4.79 Å². The zero-order valence-electron chi connectivity index (χ0n) is 11.7. The van der Waals surface area contributed by atoms with E-state index in [0.29, 0.717) is 6.54 Å². The summed E-state index contributed by atoms with van der Waals surface area (Å²) in [6.45, 7) is 2.49. The Morgan fingerprint density at radius 3 is 2.25 bits per heavy atom. The molecule has 0 aromatic carbocycles. The predicted molar refractivity (Wildman–Crippen MR) is 78.9 cm³/mol. The van der Waals surface area contributed by atoms with Crippen molar-refractivity contribution in [1.29, 1.82) is 0 Å². The third-order valence-corrected chi connectivity index (χ3v) is 6.48. The van der Waals surface area contributed by atoms with Crippen molar-refractivity contribution in [3.05, 3.63) is 0 Å². The summed E-state index contributed by atoms with van der Waals surface area (Å²) in [5, 5.41) is 2.30. The van der Waals surface area contributed by atoms with Crippen molar-refractivity contribution in [3.63, 3.8) is 0 Å². The molecule has 1 amide bonds. The fraction of sp³-hybridized carbons (Fsp3) is 0.923. The van der Waals surface area contributed by atoms with Crippen LogP contribution >= 0.6 is 11.6 Å². The number of amides is 1. The van der Waals surface area contributed by atoms with Gasteiger partial charge in [0, 0.05) is 0 Å². The number of carbonyl (C=O) groups is 1. The van der Waals surface area contributed by atoms with Crippen molar-refractivity contribution >= 4 is 27.3 Å². The van der Waals surface area contributed by atoms with Gasteiger partial charge in [-0.05, 0) is 25.7 Å². The number of sulfone groups is 1. The van der Waals surface area contributed by atoms with Crippen molar-refractivity contribution in [2.45, 2.75) is 43.5 Å². The summed E-state index contributed by atoms with van der Waals surface area (Å²) >= 11 is 6.00. The molecule has 20 heavy (non-hydrogen) atoms. The molecule has 0 spiro atoms. The van der Waals surface area contributed by atoms with Crippen LogP contribution in [0, 0.1) is 0 Å². The lowest BCUT2D eigenvalue weighted by atomic mass is 10.1. The standard InChI is InChI=1S/C13H23ClN2O3S/c14-11-9-20(18,19)10-12(11)15-13(17)8-16-6-4-2-1-3-5-7-16/h11-12H,1-10H2,(H,15,17)/p+1/t11-,12-/m0/s1. The summed E-state index contributed by atoms with van der Waals surface area (Å²) in [5.74, 6) is -0.133. The third-order valence-electron chi connectivity index (χ3n) is 4.10. The van der Waals surface area contributed by atoms with Crippen LogP contribution in [0.4, 0.5) is 0 Å². The Kier molecular flexibility index (Phi) is 5.69. The highest BCUT2D eigenvalue weighted by Gasteiger charge is 2.37. The number of hydrogen-bond donors (Lipinski definition) is 2. The zero-order valence-corrected chi connectivity index (χ0v) is 13.3. The molecule has 2 aliphatic rings. The van der Waals surface area contributed by atoms with Crippen molar-refractivity contribution in [1.82, 2.24) is 5.32 Å². The van der Waals surface area contributed by atoms with E-state index in [1.807, 2.05) is 0 Å². The van der Waals surface area contributed by atoms with Crippen LogP contribution in [0.5, 0.6) is 0 Å². The van der Waals surface area contributed by atoms with Crippen LogP contribution < -0.4 is 10.2 Å². The largest absolute Gasteiger partial charge is 0.346 e. The Morgan fingerprint density at radius 2 is 1.70 bits per heavy atom. The van der Waals surface area contributed by atoms with Crippen molar-refractivity contribution in [2.24, 2.45) is 0 Å². The van der Waals surface area contributed by atoms with E-state index < -0.39 is 21.3 Å². The van der Waals surface area contributed by atoms with Gasteiger partial charge in [-0.15, -0.1) is 11.6 Å². The number of halogens is 1. The first-order valence-corrected chi connectivity index (χ1v) is 9.69. The van der Waals surface area contributed by atoms with E-state index in [1.165, 1.54) is 37.0 Å². The van der Waals surface area contributed by atoms with Gasteiger partial charge in [-0.2, -0.15) is 0 Å². The van der Waals surface area contributed by atoms with Crippen molar-refractivity contribution in [3.8, 4) is 0 Å². The van der Waals surface area contributed by atoms with Crippen LogP contribution in [0.15, 0.2) is 0 Å². The molecule has 0 radical (unpaired) electrons. The van der Waals surface area contributed by atoms with Crippen molar-refractivity contribution < 1.29 is 18.1 Å². The Bertz CT molecular complexity index is 433. The lowest BCUT2D eigenvalue weighted by Crippen LogP contribution is -3.13. The summed E-state index contributed by atoms with van der Waals surface area (Å²) < 4.78 is 22.9. The number of quaternary nitrogens is 1. The molecule has 7 heteroatoms. The highest BCUT2D eigenvalue weighted by molar-refractivity contribution is 7.91. The summed E-state index contributed by atoms with van der Waals surface area (Å²) in [5.41, 5.74) is 0. The number of hydrogen-bond acceptors (Lipinski definition) is 3. The van der Waals surface area contributed by atoms with Gasteiger partial charge in [0.05, 0.1) is 36.0 Å². The molecule has 0 bridgehead atoms. The first-order valence-electron chi connectivity index (χ1n) is 7.44. The molecular formula is C13H24ClN2O3S+. The third kappa shape index (κ3) is 4.90.